The summed E-state index contributed by atoms with van der Waals surface area (Å²) in [6.45, 7) is 5.13. The van der Waals surface area contributed by atoms with Crippen LogP contribution in [0, 0.1) is 5.41 Å². The molecule has 0 bridgehead atoms. The van der Waals surface area contributed by atoms with Gasteiger partial charge in [0.25, 0.3) is 0 Å². The number of hydrogen-bond donors (Lipinski definition) is 2. The maximum Gasteiger partial charge on any atom is 0.0776 e. The van der Waals surface area contributed by atoms with Gasteiger partial charge in [-0.3, -0.25) is 0 Å². The molecule has 0 aromatic carbocycles. The third kappa shape index (κ3) is 6.99. The highest BCUT2D eigenvalue weighted by molar-refractivity contribution is 4.73. The van der Waals surface area contributed by atoms with Crippen LogP contribution in [0.1, 0.15) is 26.7 Å². The average Bonchev–Trinajstić information content (AvgIpc) is 2.00. The van der Waals surface area contributed by atoms with Crippen LogP contribution in [-0.2, 0) is 0 Å². The van der Waals surface area contributed by atoms with Gasteiger partial charge in [-0.05, 0) is 38.9 Å². The number of hydrogen-bond acceptors (Lipinski definition) is 3. The van der Waals surface area contributed by atoms with Crippen molar-refractivity contribution >= 4 is 0 Å². The van der Waals surface area contributed by atoms with Crippen LogP contribution in [0.3, 0.4) is 0 Å². The summed E-state index contributed by atoms with van der Waals surface area (Å²) < 4.78 is 0. The third-order valence-electron chi connectivity index (χ3n) is 2.23. The molecular weight excluding hydrogens is 166 g/mol. The Hall–Kier alpha value is -0.120. The van der Waals surface area contributed by atoms with Gasteiger partial charge in [-0.2, -0.15) is 0 Å². The first kappa shape index (κ1) is 12.9. The standard InChI is InChI=1S/C10H23NO2/c1-10(2,5-6-11(3)4)7-9(13)8-12/h9,12-13H,5-8H2,1-4H3. The second-order valence-electron chi connectivity index (χ2n) is 4.76. The minimum atomic E-state index is -0.572. The molecule has 3 nitrogen and oxygen atoms in total. The molecular formula is C10H23NO2. The van der Waals surface area contributed by atoms with E-state index in [0.29, 0.717) is 6.42 Å². The van der Waals surface area contributed by atoms with Crippen molar-refractivity contribution in [2.75, 3.05) is 27.2 Å². The minimum Gasteiger partial charge on any atom is -0.394 e. The predicted molar refractivity (Wildman–Crippen MR) is 54.7 cm³/mol. The Balaban J connectivity index is 3.79. The Bertz CT molecular complexity index is 135. The maximum absolute atomic E-state index is 9.30. The van der Waals surface area contributed by atoms with Crippen LogP contribution < -0.4 is 0 Å². The molecule has 0 radical (unpaired) electrons. The molecule has 0 heterocycles. The van der Waals surface area contributed by atoms with Crippen molar-refractivity contribution in [3.05, 3.63) is 0 Å². The van der Waals surface area contributed by atoms with Gasteiger partial charge in [0.05, 0.1) is 12.7 Å². The van der Waals surface area contributed by atoms with Crippen molar-refractivity contribution < 1.29 is 10.2 Å². The number of aliphatic hydroxyl groups is 2. The van der Waals surface area contributed by atoms with Gasteiger partial charge in [0.1, 0.15) is 0 Å². The zero-order chi connectivity index (χ0) is 10.5. The van der Waals surface area contributed by atoms with E-state index in [0.717, 1.165) is 13.0 Å². The minimum absolute atomic E-state index is 0.104. The van der Waals surface area contributed by atoms with E-state index in [9.17, 15) is 5.11 Å². The van der Waals surface area contributed by atoms with Gasteiger partial charge in [-0.25, -0.2) is 0 Å². The largest absolute Gasteiger partial charge is 0.394 e. The molecule has 0 fully saturated rings. The fourth-order valence-corrected chi connectivity index (χ4v) is 1.33. The molecule has 0 aliphatic heterocycles. The predicted octanol–water partition coefficient (Wildman–Crippen LogP) is 0.708. The fourth-order valence-electron chi connectivity index (χ4n) is 1.33. The van der Waals surface area contributed by atoms with Gasteiger partial charge in [0.15, 0.2) is 0 Å². The summed E-state index contributed by atoms with van der Waals surface area (Å²) in [6.07, 6.45) is 1.13. The Labute approximate surface area is 81.4 Å². The van der Waals surface area contributed by atoms with Crippen molar-refractivity contribution in [2.24, 2.45) is 5.41 Å². The van der Waals surface area contributed by atoms with Crippen LogP contribution in [0.25, 0.3) is 0 Å². The van der Waals surface area contributed by atoms with Crippen molar-refractivity contribution in [2.45, 2.75) is 32.8 Å². The van der Waals surface area contributed by atoms with Gasteiger partial charge in [0, 0.05) is 0 Å². The van der Waals surface area contributed by atoms with Crippen LogP contribution in [0.5, 0.6) is 0 Å². The van der Waals surface area contributed by atoms with Crippen molar-refractivity contribution in [1.82, 2.24) is 4.90 Å². The topological polar surface area (TPSA) is 43.7 Å². The van der Waals surface area contributed by atoms with E-state index in [-0.39, 0.29) is 12.0 Å². The number of rotatable bonds is 6. The lowest BCUT2D eigenvalue weighted by molar-refractivity contribution is 0.0523. The van der Waals surface area contributed by atoms with E-state index in [4.69, 9.17) is 5.11 Å². The summed E-state index contributed by atoms with van der Waals surface area (Å²) in [5.74, 6) is 0. The summed E-state index contributed by atoms with van der Waals surface area (Å²) in [5.41, 5.74) is 0.104. The van der Waals surface area contributed by atoms with Crippen LogP contribution in [-0.4, -0.2) is 48.5 Å². The molecule has 0 spiro atoms. The molecule has 0 aliphatic carbocycles. The Kier molecular flexibility index (Phi) is 5.53. The molecule has 0 amide bonds. The molecule has 0 aromatic rings. The Morgan fingerprint density at radius 1 is 1.31 bits per heavy atom. The molecule has 13 heavy (non-hydrogen) atoms. The first-order valence-electron chi connectivity index (χ1n) is 4.81. The van der Waals surface area contributed by atoms with E-state index in [1.54, 1.807) is 0 Å². The molecule has 0 rings (SSSR count). The molecule has 3 heteroatoms. The fraction of sp³-hybridized carbons (Fsp3) is 1.00. The molecule has 1 atom stereocenters. The zero-order valence-electron chi connectivity index (χ0n) is 9.25. The second-order valence-corrected chi connectivity index (χ2v) is 4.76. The highest BCUT2D eigenvalue weighted by Gasteiger charge is 2.21. The first-order chi connectivity index (χ1) is 5.87. The number of nitrogens with zero attached hydrogens (tertiary/aromatic N) is 1. The molecule has 0 aromatic heterocycles. The molecule has 2 N–H and O–H groups in total. The van der Waals surface area contributed by atoms with Crippen LogP contribution in [0.15, 0.2) is 0 Å². The van der Waals surface area contributed by atoms with E-state index in [1.165, 1.54) is 0 Å². The zero-order valence-corrected chi connectivity index (χ0v) is 9.25. The highest BCUT2D eigenvalue weighted by Crippen LogP contribution is 2.26. The lowest BCUT2D eigenvalue weighted by Crippen LogP contribution is -2.27. The summed E-state index contributed by atoms with van der Waals surface area (Å²) >= 11 is 0. The lowest BCUT2D eigenvalue weighted by atomic mass is 9.83. The molecule has 0 saturated carbocycles. The van der Waals surface area contributed by atoms with Crippen LogP contribution >= 0.6 is 0 Å². The van der Waals surface area contributed by atoms with Gasteiger partial charge in [-0.15, -0.1) is 0 Å². The van der Waals surface area contributed by atoms with Gasteiger partial charge >= 0.3 is 0 Å². The molecule has 0 saturated heterocycles. The Morgan fingerprint density at radius 3 is 2.23 bits per heavy atom. The summed E-state index contributed by atoms with van der Waals surface area (Å²) in [4.78, 5) is 2.13. The monoisotopic (exact) mass is 189 g/mol. The number of aliphatic hydroxyl groups excluding tert-OH is 2. The van der Waals surface area contributed by atoms with Crippen LogP contribution in [0.2, 0.25) is 0 Å². The Morgan fingerprint density at radius 2 is 1.85 bits per heavy atom. The van der Waals surface area contributed by atoms with Gasteiger partial charge < -0.3 is 15.1 Å². The smallest absolute Gasteiger partial charge is 0.0776 e. The van der Waals surface area contributed by atoms with Crippen molar-refractivity contribution in [1.29, 1.82) is 0 Å². The molecule has 0 aliphatic rings. The summed E-state index contributed by atoms with van der Waals surface area (Å²) in [6, 6.07) is 0. The second kappa shape index (κ2) is 5.58. The van der Waals surface area contributed by atoms with Gasteiger partial charge in [-0.1, -0.05) is 13.8 Å². The SMILES string of the molecule is CN(C)CCC(C)(C)CC(O)CO. The molecule has 80 valence electrons. The summed E-state index contributed by atoms with van der Waals surface area (Å²) in [7, 11) is 4.08. The van der Waals surface area contributed by atoms with Crippen molar-refractivity contribution in [3.63, 3.8) is 0 Å². The van der Waals surface area contributed by atoms with Crippen LogP contribution in [0.4, 0.5) is 0 Å². The van der Waals surface area contributed by atoms with Crippen molar-refractivity contribution in [3.8, 4) is 0 Å². The summed E-state index contributed by atoms with van der Waals surface area (Å²) in [5, 5.41) is 18.0. The van der Waals surface area contributed by atoms with E-state index in [2.05, 4.69) is 18.7 Å². The normalized spacial score (nSPS) is 15.0. The highest BCUT2D eigenvalue weighted by atomic mass is 16.3. The third-order valence-corrected chi connectivity index (χ3v) is 2.23. The van der Waals surface area contributed by atoms with E-state index in [1.807, 2.05) is 14.1 Å². The lowest BCUT2D eigenvalue weighted by Gasteiger charge is -2.28. The van der Waals surface area contributed by atoms with Gasteiger partial charge in [0.2, 0.25) is 0 Å². The maximum atomic E-state index is 9.30. The molecule has 1 unspecified atom stereocenters. The van der Waals surface area contributed by atoms with E-state index >= 15 is 0 Å². The average molecular weight is 189 g/mol. The van der Waals surface area contributed by atoms with E-state index < -0.39 is 6.10 Å². The quantitative estimate of drug-likeness (QED) is 0.646. The first-order valence-corrected chi connectivity index (χ1v) is 4.81.